The molecule has 0 bridgehead atoms. The highest BCUT2D eigenvalue weighted by atomic mass is 32.2. The molecule has 1 rings (SSSR count). The van der Waals surface area contributed by atoms with Crippen molar-refractivity contribution in [2.45, 2.75) is 13.0 Å². The molecule has 0 aliphatic heterocycles. The molecule has 1 heterocycles. The van der Waals surface area contributed by atoms with Crippen molar-refractivity contribution in [3.8, 4) is 0 Å². The Bertz CT molecular complexity index is 425. The van der Waals surface area contributed by atoms with Crippen LogP contribution in [0.1, 0.15) is 6.42 Å². The molecule has 0 saturated carbocycles. The molecule has 1 aromatic rings. The fraction of sp³-hybridized carbons (Fsp3) is 0.571. The fourth-order valence-corrected chi connectivity index (χ4v) is 1.73. The van der Waals surface area contributed by atoms with Gasteiger partial charge in [-0.05, 0) is 6.42 Å². The fourth-order valence-electron chi connectivity index (χ4n) is 1.24. The smallest absolute Gasteiger partial charge is 0.264 e. The number of nitrogen functional groups attached to an aromatic ring is 1. The third kappa shape index (κ3) is 3.40. The molecule has 0 aromatic carbocycles. The molecular weight excluding hydrogens is 220 g/mol. The molecule has 0 spiro atoms. The number of nitrogens with two attached hydrogens (primary N) is 1. The van der Waals surface area contributed by atoms with Crippen LogP contribution in [0.3, 0.4) is 0 Å². The standard InChI is InChI=1S/C7H14N4O3S/c1-9-7-6(8)5-10-11(7)3-2-4-15(12,13)14/h5,9H,2-4,8H2,1H3,(H,12,13,14). The molecule has 0 aliphatic rings. The normalized spacial score (nSPS) is 11.6. The summed E-state index contributed by atoms with van der Waals surface area (Å²) < 4.78 is 31.0. The maximum Gasteiger partial charge on any atom is 0.264 e. The zero-order valence-electron chi connectivity index (χ0n) is 8.34. The van der Waals surface area contributed by atoms with Gasteiger partial charge in [-0.3, -0.25) is 4.55 Å². The Morgan fingerprint density at radius 1 is 1.67 bits per heavy atom. The van der Waals surface area contributed by atoms with Gasteiger partial charge in [-0.15, -0.1) is 0 Å². The Balaban J connectivity index is 2.58. The van der Waals surface area contributed by atoms with Crippen LogP contribution in [0.15, 0.2) is 6.20 Å². The lowest BCUT2D eigenvalue weighted by atomic mass is 10.4. The van der Waals surface area contributed by atoms with E-state index < -0.39 is 10.1 Å². The molecule has 0 unspecified atom stereocenters. The van der Waals surface area contributed by atoms with E-state index in [9.17, 15) is 8.42 Å². The van der Waals surface area contributed by atoms with Crippen molar-refractivity contribution < 1.29 is 13.0 Å². The first-order valence-electron chi connectivity index (χ1n) is 4.38. The first kappa shape index (κ1) is 11.8. The van der Waals surface area contributed by atoms with Gasteiger partial charge in [0.2, 0.25) is 0 Å². The Kier molecular flexibility index (Phi) is 3.53. The summed E-state index contributed by atoms with van der Waals surface area (Å²) in [6, 6.07) is 0. The van der Waals surface area contributed by atoms with E-state index in [0.29, 0.717) is 18.1 Å². The Morgan fingerprint density at radius 2 is 2.33 bits per heavy atom. The predicted octanol–water partition coefficient (Wildman–Crippen LogP) is -0.215. The van der Waals surface area contributed by atoms with Gasteiger partial charge in [-0.2, -0.15) is 13.5 Å². The molecule has 15 heavy (non-hydrogen) atoms. The van der Waals surface area contributed by atoms with Crippen LogP contribution in [-0.2, 0) is 16.7 Å². The predicted molar refractivity (Wildman–Crippen MR) is 57.2 cm³/mol. The Labute approximate surface area is 88.0 Å². The van der Waals surface area contributed by atoms with Crippen LogP contribution in [0.5, 0.6) is 0 Å². The lowest BCUT2D eigenvalue weighted by Gasteiger charge is -2.06. The number of aryl methyl sites for hydroxylation is 1. The second-order valence-electron chi connectivity index (χ2n) is 3.06. The zero-order valence-corrected chi connectivity index (χ0v) is 9.16. The summed E-state index contributed by atoms with van der Waals surface area (Å²) in [6.45, 7) is 0.382. The molecule has 8 heteroatoms. The van der Waals surface area contributed by atoms with Crippen molar-refractivity contribution >= 4 is 21.6 Å². The highest BCUT2D eigenvalue weighted by molar-refractivity contribution is 7.85. The van der Waals surface area contributed by atoms with E-state index in [4.69, 9.17) is 10.3 Å². The van der Waals surface area contributed by atoms with Crippen LogP contribution >= 0.6 is 0 Å². The van der Waals surface area contributed by atoms with Gasteiger partial charge in [-0.25, -0.2) is 4.68 Å². The summed E-state index contributed by atoms with van der Waals surface area (Å²) in [5.74, 6) is 0.362. The van der Waals surface area contributed by atoms with E-state index in [2.05, 4.69) is 10.4 Å². The van der Waals surface area contributed by atoms with Crippen LogP contribution in [0.25, 0.3) is 0 Å². The lowest BCUT2D eigenvalue weighted by Crippen LogP contribution is -2.11. The highest BCUT2D eigenvalue weighted by Crippen LogP contribution is 2.16. The van der Waals surface area contributed by atoms with Crippen molar-refractivity contribution in [1.29, 1.82) is 0 Å². The number of rotatable bonds is 5. The molecule has 7 nitrogen and oxygen atoms in total. The summed E-state index contributed by atoms with van der Waals surface area (Å²) in [4.78, 5) is 0. The lowest BCUT2D eigenvalue weighted by molar-refractivity contribution is 0.476. The van der Waals surface area contributed by atoms with Gasteiger partial charge in [-0.1, -0.05) is 0 Å². The average molecular weight is 234 g/mol. The number of nitrogens with one attached hydrogen (secondary N) is 1. The number of anilines is 2. The van der Waals surface area contributed by atoms with Gasteiger partial charge in [0.1, 0.15) is 5.82 Å². The third-order valence-electron chi connectivity index (χ3n) is 1.88. The van der Waals surface area contributed by atoms with E-state index in [1.165, 1.54) is 6.20 Å². The van der Waals surface area contributed by atoms with Crippen LogP contribution < -0.4 is 11.1 Å². The topological polar surface area (TPSA) is 110 Å². The van der Waals surface area contributed by atoms with Gasteiger partial charge in [0.15, 0.2) is 0 Å². The van der Waals surface area contributed by atoms with Crippen LogP contribution in [0, 0.1) is 0 Å². The van der Waals surface area contributed by atoms with Gasteiger partial charge in [0.25, 0.3) is 10.1 Å². The average Bonchev–Trinajstić information content (AvgIpc) is 2.44. The van der Waals surface area contributed by atoms with Crippen molar-refractivity contribution in [3.63, 3.8) is 0 Å². The molecule has 0 radical (unpaired) electrons. The van der Waals surface area contributed by atoms with Crippen molar-refractivity contribution in [2.24, 2.45) is 0 Å². The van der Waals surface area contributed by atoms with E-state index in [1.54, 1.807) is 11.7 Å². The monoisotopic (exact) mass is 234 g/mol. The summed E-state index contributed by atoms with van der Waals surface area (Å²) in [5.41, 5.74) is 6.10. The van der Waals surface area contributed by atoms with Crippen molar-refractivity contribution in [1.82, 2.24) is 9.78 Å². The van der Waals surface area contributed by atoms with Gasteiger partial charge < -0.3 is 11.1 Å². The molecule has 86 valence electrons. The molecule has 0 atom stereocenters. The number of aromatic nitrogens is 2. The highest BCUT2D eigenvalue weighted by Gasteiger charge is 2.08. The molecule has 0 amide bonds. The van der Waals surface area contributed by atoms with E-state index in [1.807, 2.05) is 0 Å². The molecule has 0 fully saturated rings. The Hall–Kier alpha value is -1.28. The van der Waals surface area contributed by atoms with E-state index in [0.717, 1.165) is 0 Å². The zero-order chi connectivity index (χ0) is 11.5. The second-order valence-corrected chi connectivity index (χ2v) is 4.63. The minimum Gasteiger partial charge on any atom is -0.394 e. The van der Waals surface area contributed by atoms with Crippen molar-refractivity contribution in [2.75, 3.05) is 23.9 Å². The van der Waals surface area contributed by atoms with Crippen molar-refractivity contribution in [3.05, 3.63) is 6.20 Å². The molecule has 0 aliphatic carbocycles. The van der Waals surface area contributed by atoms with Gasteiger partial charge in [0.05, 0.1) is 17.6 Å². The first-order chi connectivity index (χ1) is 6.94. The summed E-state index contributed by atoms with van der Waals surface area (Å²) in [7, 11) is -2.20. The van der Waals surface area contributed by atoms with Crippen LogP contribution in [0.2, 0.25) is 0 Å². The van der Waals surface area contributed by atoms with Crippen LogP contribution in [0.4, 0.5) is 11.5 Å². The minimum absolute atomic E-state index is 0.282. The molecular formula is C7H14N4O3S. The first-order valence-corrected chi connectivity index (χ1v) is 5.99. The summed E-state index contributed by atoms with van der Waals surface area (Å²) in [5, 5.41) is 6.81. The summed E-state index contributed by atoms with van der Waals surface area (Å²) in [6.07, 6.45) is 1.77. The molecule has 1 aromatic heterocycles. The van der Waals surface area contributed by atoms with Crippen LogP contribution in [-0.4, -0.2) is 35.6 Å². The van der Waals surface area contributed by atoms with Gasteiger partial charge >= 0.3 is 0 Å². The maximum absolute atomic E-state index is 10.5. The SMILES string of the molecule is CNc1c(N)cnn1CCCS(=O)(=O)O. The Morgan fingerprint density at radius 3 is 2.87 bits per heavy atom. The maximum atomic E-state index is 10.5. The quantitative estimate of drug-likeness (QED) is 0.608. The number of hydrogen-bond donors (Lipinski definition) is 3. The van der Waals surface area contributed by atoms with E-state index >= 15 is 0 Å². The third-order valence-corrected chi connectivity index (χ3v) is 2.68. The summed E-state index contributed by atoms with van der Waals surface area (Å²) >= 11 is 0. The minimum atomic E-state index is -3.90. The largest absolute Gasteiger partial charge is 0.394 e. The number of hydrogen-bond acceptors (Lipinski definition) is 5. The van der Waals surface area contributed by atoms with E-state index in [-0.39, 0.29) is 12.2 Å². The van der Waals surface area contributed by atoms with Gasteiger partial charge in [0, 0.05) is 13.6 Å². The second kappa shape index (κ2) is 4.49. The number of nitrogens with zero attached hydrogens (tertiary/aromatic N) is 2. The molecule has 4 N–H and O–H groups in total. The molecule has 0 saturated heterocycles.